The van der Waals surface area contributed by atoms with Gasteiger partial charge in [-0.15, -0.1) is 0 Å². The number of benzene rings is 2. The lowest BCUT2D eigenvalue weighted by Gasteiger charge is -2.09. The third-order valence-electron chi connectivity index (χ3n) is 3.17. The van der Waals surface area contributed by atoms with Gasteiger partial charge in [0.25, 0.3) is 5.91 Å². The standard InChI is InChI=1S/C19H17ClN2O2/c1-2-11-24-18-10-6-3-7-14(18)12-15(13-21)19(23)22-17-9-5-4-8-16(17)20/h3-10,12H,2,11H2,1H3,(H,22,23)/b15-12+. The largest absolute Gasteiger partial charge is 0.493 e. The topological polar surface area (TPSA) is 62.1 Å². The van der Waals surface area contributed by atoms with Crippen molar-refractivity contribution in [1.82, 2.24) is 0 Å². The molecule has 0 saturated heterocycles. The van der Waals surface area contributed by atoms with Gasteiger partial charge < -0.3 is 10.1 Å². The summed E-state index contributed by atoms with van der Waals surface area (Å²) in [4.78, 5) is 12.3. The second-order valence-corrected chi connectivity index (χ2v) is 5.40. The number of ether oxygens (including phenoxy) is 1. The van der Waals surface area contributed by atoms with Crippen LogP contribution in [0.25, 0.3) is 6.08 Å². The van der Waals surface area contributed by atoms with Crippen LogP contribution in [0.4, 0.5) is 5.69 Å². The molecule has 122 valence electrons. The molecule has 0 aliphatic rings. The zero-order chi connectivity index (χ0) is 17.4. The van der Waals surface area contributed by atoms with Crippen molar-refractivity contribution in [1.29, 1.82) is 5.26 Å². The van der Waals surface area contributed by atoms with E-state index in [1.165, 1.54) is 6.08 Å². The molecule has 0 fully saturated rings. The zero-order valence-electron chi connectivity index (χ0n) is 13.3. The molecule has 0 spiro atoms. The molecule has 0 bridgehead atoms. The summed E-state index contributed by atoms with van der Waals surface area (Å²) in [5, 5.41) is 12.4. The highest BCUT2D eigenvalue weighted by Gasteiger charge is 2.12. The molecule has 2 rings (SSSR count). The summed E-state index contributed by atoms with van der Waals surface area (Å²) in [7, 11) is 0. The van der Waals surface area contributed by atoms with Gasteiger partial charge in [-0.2, -0.15) is 5.26 Å². The minimum absolute atomic E-state index is 0.0255. The molecule has 1 amide bonds. The number of nitrogens with zero attached hydrogens (tertiary/aromatic N) is 1. The molecular weight excluding hydrogens is 324 g/mol. The van der Waals surface area contributed by atoms with Crippen molar-refractivity contribution in [3.05, 3.63) is 64.7 Å². The minimum Gasteiger partial charge on any atom is -0.493 e. The van der Waals surface area contributed by atoms with E-state index in [4.69, 9.17) is 16.3 Å². The first kappa shape index (κ1) is 17.6. The number of amides is 1. The maximum absolute atomic E-state index is 12.3. The summed E-state index contributed by atoms with van der Waals surface area (Å²) < 4.78 is 5.64. The predicted octanol–water partition coefficient (Wildman–Crippen LogP) is 4.67. The molecule has 0 radical (unpaired) electrons. The fraction of sp³-hybridized carbons (Fsp3) is 0.158. The molecular formula is C19H17ClN2O2. The molecule has 2 aromatic rings. The maximum atomic E-state index is 12.3. The first-order valence-corrected chi connectivity index (χ1v) is 7.93. The number of hydrogen-bond donors (Lipinski definition) is 1. The summed E-state index contributed by atoms with van der Waals surface area (Å²) in [5.41, 5.74) is 1.11. The highest BCUT2D eigenvalue weighted by atomic mass is 35.5. The highest BCUT2D eigenvalue weighted by Crippen LogP contribution is 2.23. The molecule has 0 heterocycles. The Morgan fingerprint density at radius 1 is 1.25 bits per heavy atom. The Hall–Kier alpha value is -2.77. The lowest BCUT2D eigenvalue weighted by molar-refractivity contribution is -0.112. The van der Waals surface area contributed by atoms with Crippen LogP contribution >= 0.6 is 11.6 Å². The van der Waals surface area contributed by atoms with Crippen LogP contribution < -0.4 is 10.1 Å². The maximum Gasteiger partial charge on any atom is 0.266 e. The van der Waals surface area contributed by atoms with Gasteiger partial charge in [0, 0.05) is 5.56 Å². The highest BCUT2D eigenvalue weighted by molar-refractivity contribution is 6.34. The summed E-state index contributed by atoms with van der Waals surface area (Å²) in [6, 6.07) is 16.1. The molecule has 0 aliphatic carbocycles. The third-order valence-corrected chi connectivity index (χ3v) is 3.50. The first-order chi connectivity index (χ1) is 11.7. The third kappa shape index (κ3) is 4.61. The molecule has 2 aromatic carbocycles. The van der Waals surface area contributed by atoms with Crippen molar-refractivity contribution in [2.24, 2.45) is 0 Å². The Morgan fingerprint density at radius 2 is 1.96 bits per heavy atom. The normalized spacial score (nSPS) is 10.8. The van der Waals surface area contributed by atoms with E-state index in [9.17, 15) is 10.1 Å². The number of nitrogens with one attached hydrogen (secondary N) is 1. The first-order valence-electron chi connectivity index (χ1n) is 7.55. The van der Waals surface area contributed by atoms with E-state index >= 15 is 0 Å². The predicted molar refractivity (Wildman–Crippen MR) is 95.9 cm³/mol. The van der Waals surface area contributed by atoms with Gasteiger partial charge in [0.1, 0.15) is 17.4 Å². The van der Waals surface area contributed by atoms with Crippen LogP contribution in [0.15, 0.2) is 54.1 Å². The van der Waals surface area contributed by atoms with Crippen LogP contribution in [-0.2, 0) is 4.79 Å². The number of hydrogen-bond acceptors (Lipinski definition) is 3. The van der Waals surface area contributed by atoms with Gasteiger partial charge in [-0.05, 0) is 30.7 Å². The molecule has 24 heavy (non-hydrogen) atoms. The number of para-hydroxylation sites is 2. The lowest BCUT2D eigenvalue weighted by Crippen LogP contribution is -2.13. The molecule has 0 aliphatic heterocycles. The smallest absolute Gasteiger partial charge is 0.266 e. The van der Waals surface area contributed by atoms with Crippen LogP contribution in [0.2, 0.25) is 5.02 Å². The Labute approximate surface area is 146 Å². The number of carbonyl (C=O) groups is 1. The number of nitriles is 1. The van der Waals surface area contributed by atoms with Crippen molar-refractivity contribution in [3.63, 3.8) is 0 Å². The Bertz CT molecular complexity index is 794. The molecule has 0 saturated carbocycles. The SMILES string of the molecule is CCCOc1ccccc1/C=C(\C#N)C(=O)Nc1ccccc1Cl. The van der Waals surface area contributed by atoms with Crippen LogP contribution in [0, 0.1) is 11.3 Å². The van der Waals surface area contributed by atoms with E-state index in [-0.39, 0.29) is 5.57 Å². The van der Waals surface area contributed by atoms with E-state index < -0.39 is 5.91 Å². The average Bonchev–Trinajstić information content (AvgIpc) is 2.60. The van der Waals surface area contributed by atoms with Gasteiger partial charge in [0.2, 0.25) is 0 Å². The Balaban J connectivity index is 2.25. The molecule has 1 N–H and O–H groups in total. The van der Waals surface area contributed by atoms with E-state index in [0.29, 0.717) is 28.6 Å². The van der Waals surface area contributed by atoms with Crippen LogP contribution in [0.5, 0.6) is 5.75 Å². The molecule has 0 unspecified atom stereocenters. The van der Waals surface area contributed by atoms with Gasteiger partial charge in [-0.3, -0.25) is 4.79 Å². The Kier molecular flexibility index (Phi) is 6.41. The number of anilines is 1. The van der Waals surface area contributed by atoms with E-state index in [1.54, 1.807) is 30.3 Å². The second kappa shape index (κ2) is 8.76. The fourth-order valence-corrected chi connectivity index (χ4v) is 2.18. The molecule has 0 atom stereocenters. The van der Waals surface area contributed by atoms with Crippen LogP contribution in [0.3, 0.4) is 0 Å². The fourth-order valence-electron chi connectivity index (χ4n) is 2.00. The van der Waals surface area contributed by atoms with Crippen molar-refractivity contribution in [2.75, 3.05) is 11.9 Å². The molecule has 0 aromatic heterocycles. The number of carbonyl (C=O) groups excluding carboxylic acids is 1. The summed E-state index contributed by atoms with van der Waals surface area (Å²) in [6.45, 7) is 2.58. The quantitative estimate of drug-likeness (QED) is 0.613. The lowest BCUT2D eigenvalue weighted by atomic mass is 10.1. The van der Waals surface area contributed by atoms with Crippen molar-refractivity contribution in [2.45, 2.75) is 13.3 Å². The molecule has 5 heteroatoms. The number of halogens is 1. The minimum atomic E-state index is -0.518. The van der Waals surface area contributed by atoms with Crippen molar-refractivity contribution in [3.8, 4) is 11.8 Å². The van der Waals surface area contributed by atoms with Crippen molar-refractivity contribution >= 4 is 29.3 Å². The van der Waals surface area contributed by atoms with Crippen molar-refractivity contribution < 1.29 is 9.53 Å². The van der Waals surface area contributed by atoms with Gasteiger partial charge in [-0.1, -0.05) is 48.9 Å². The van der Waals surface area contributed by atoms with Gasteiger partial charge in [-0.25, -0.2) is 0 Å². The summed E-state index contributed by atoms with van der Waals surface area (Å²) >= 11 is 6.02. The monoisotopic (exact) mass is 340 g/mol. The second-order valence-electron chi connectivity index (χ2n) is 4.99. The average molecular weight is 341 g/mol. The Morgan fingerprint density at radius 3 is 2.67 bits per heavy atom. The number of rotatable bonds is 6. The molecule has 4 nitrogen and oxygen atoms in total. The van der Waals surface area contributed by atoms with E-state index in [0.717, 1.165) is 6.42 Å². The van der Waals surface area contributed by atoms with Gasteiger partial charge in [0.15, 0.2) is 0 Å². The van der Waals surface area contributed by atoms with Gasteiger partial charge in [0.05, 0.1) is 17.3 Å². The van der Waals surface area contributed by atoms with E-state index in [2.05, 4.69) is 5.32 Å². The zero-order valence-corrected chi connectivity index (χ0v) is 14.0. The van der Waals surface area contributed by atoms with Crippen LogP contribution in [-0.4, -0.2) is 12.5 Å². The summed E-state index contributed by atoms with van der Waals surface area (Å²) in [5.74, 6) is 0.119. The van der Waals surface area contributed by atoms with Crippen LogP contribution in [0.1, 0.15) is 18.9 Å². The summed E-state index contributed by atoms with van der Waals surface area (Å²) in [6.07, 6.45) is 2.38. The van der Waals surface area contributed by atoms with E-state index in [1.807, 2.05) is 31.2 Å². The van der Waals surface area contributed by atoms with Gasteiger partial charge >= 0.3 is 0 Å².